The maximum Gasteiger partial charge on any atom is 0.217 e. The summed E-state index contributed by atoms with van der Waals surface area (Å²) in [6.45, 7) is 4.53. The molecular formula is C17H26N2O4. The Kier molecular flexibility index (Phi) is 5.04. The highest BCUT2D eigenvalue weighted by Gasteiger charge is 2.45. The highest BCUT2D eigenvalue weighted by Crippen LogP contribution is 2.35. The molecule has 1 saturated heterocycles. The summed E-state index contributed by atoms with van der Waals surface area (Å²) in [6.07, 6.45) is 4.23. The third-order valence-corrected chi connectivity index (χ3v) is 4.90. The first-order valence-electron chi connectivity index (χ1n) is 8.43. The Morgan fingerprint density at radius 2 is 2.26 bits per heavy atom. The van der Waals surface area contributed by atoms with Gasteiger partial charge in [0.15, 0.2) is 0 Å². The lowest BCUT2D eigenvalue weighted by Crippen LogP contribution is -2.63. The van der Waals surface area contributed by atoms with Crippen LogP contribution in [0.4, 0.5) is 0 Å². The number of aliphatic hydroxyl groups is 1. The summed E-state index contributed by atoms with van der Waals surface area (Å²) in [6, 6.07) is 3.81. The molecule has 2 fully saturated rings. The van der Waals surface area contributed by atoms with Gasteiger partial charge in [0.2, 0.25) is 5.91 Å². The van der Waals surface area contributed by atoms with E-state index in [1.165, 1.54) is 0 Å². The van der Waals surface area contributed by atoms with Crippen LogP contribution in [-0.4, -0.2) is 47.3 Å². The fourth-order valence-electron chi connectivity index (χ4n) is 3.85. The molecule has 1 amide bonds. The molecule has 6 nitrogen and oxygen atoms in total. The number of nitrogens with zero attached hydrogens (tertiary/aromatic N) is 1. The Labute approximate surface area is 136 Å². The van der Waals surface area contributed by atoms with Crippen molar-refractivity contribution in [1.82, 2.24) is 10.2 Å². The number of amides is 1. The number of hydrogen-bond acceptors (Lipinski definition) is 5. The van der Waals surface area contributed by atoms with Gasteiger partial charge in [0.25, 0.3) is 0 Å². The number of hydrogen-bond donors (Lipinski definition) is 2. The van der Waals surface area contributed by atoms with Crippen molar-refractivity contribution < 1.29 is 19.1 Å². The van der Waals surface area contributed by atoms with Gasteiger partial charge in [0.1, 0.15) is 23.7 Å². The quantitative estimate of drug-likeness (QED) is 0.877. The van der Waals surface area contributed by atoms with Crippen LogP contribution in [0.5, 0.6) is 0 Å². The molecule has 2 N–H and O–H groups in total. The van der Waals surface area contributed by atoms with Crippen LogP contribution in [0.2, 0.25) is 0 Å². The van der Waals surface area contributed by atoms with Crippen LogP contribution < -0.4 is 5.32 Å². The zero-order chi connectivity index (χ0) is 16.3. The predicted octanol–water partition coefficient (Wildman–Crippen LogP) is 1.42. The highest BCUT2D eigenvalue weighted by molar-refractivity contribution is 5.73. The molecule has 23 heavy (non-hydrogen) atoms. The number of carbonyl (C=O) groups excluding carboxylic acids is 1. The zero-order valence-corrected chi connectivity index (χ0v) is 13.7. The van der Waals surface area contributed by atoms with Gasteiger partial charge < -0.3 is 19.6 Å². The fraction of sp³-hybridized carbons (Fsp3) is 0.706. The molecule has 0 unspecified atom stereocenters. The van der Waals surface area contributed by atoms with Gasteiger partial charge in [-0.15, -0.1) is 0 Å². The largest absolute Gasteiger partial charge is 0.462 e. The standard InChI is InChI=1S/C17H26N2O4/c1-13(21)18-16-4-2-3-7-17(16)12-19(8-9-22-17)10-14-5-6-15(11-20)23-14/h5-6,16,20H,2-4,7-12H2,1H3,(H,18,21)/t16-,17+/m0/s1. The Bertz CT molecular complexity index is 540. The lowest BCUT2D eigenvalue weighted by atomic mass is 9.78. The summed E-state index contributed by atoms with van der Waals surface area (Å²) in [5.74, 6) is 1.46. The molecule has 128 valence electrons. The van der Waals surface area contributed by atoms with Crippen molar-refractivity contribution in [2.24, 2.45) is 0 Å². The van der Waals surface area contributed by atoms with Crippen LogP contribution in [0.15, 0.2) is 16.5 Å². The second kappa shape index (κ2) is 7.03. The van der Waals surface area contributed by atoms with Gasteiger partial charge in [-0.25, -0.2) is 0 Å². The lowest BCUT2D eigenvalue weighted by Gasteiger charge is -2.49. The van der Waals surface area contributed by atoms with Gasteiger partial charge in [-0.2, -0.15) is 0 Å². The summed E-state index contributed by atoms with van der Waals surface area (Å²) in [7, 11) is 0. The molecular weight excluding hydrogens is 296 g/mol. The topological polar surface area (TPSA) is 74.9 Å². The molecule has 6 heteroatoms. The predicted molar refractivity (Wildman–Crippen MR) is 84.7 cm³/mol. The van der Waals surface area contributed by atoms with E-state index in [2.05, 4.69) is 10.2 Å². The number of rotatable bonds is 4. The van der Waals surface area contributed by atoms with Crippen molar-refractivity contribution in [1.29, 1.82) is 0 Å². The maximum atomic E-state index is 11.5. The minimum atomic E-state index is -0.283. The summed E-state index contributed by atoms with van der Waals surface area (Å²) < 4.78 is 11.8. The first-order chi connectivity index (χ1) is 11.1. The van der Waals surface area contributed by atoms with Crippen LogP contribution in [0, 0.1) is 0 Å². The van der Waals surface area contributed by atoms with Crippen molar-refractivity contribution >= 4 is 5.91 Å². The minimum absolute atomic E-state index is 0.00983. The van der Waals surface area contributed by atoms with Crippen molar-refractivity contribution in [2.75, 3.05) is 19.7 Å². The minimum Gasteiger partial charge on any atom is -0.462 e. The zero-order valence-electron chi connectivity index (χ0n) is 13.7. The van der Waals surface area contributed by atoms with E-state index in [0.29, 0.717) is 18.9 Å². The van der Waals surface area contributed by atoms with Crippen LogP contribution in [0.3, 0.4) is 0 Å². The van der Waals surface area contributed by atoms with Gasteiger partial charge in [-0.05, 0) is 25.0 Å². The van der Waals surface area contributed by atoms with E-state index < -0.39 is 0 Å². The molecule has 3 rings (SSSR count). The van der Waals surface area contributed by atoms with E-state index in [9.17, 15) is 4.79 Å². The molecule has 1 aliphatic carbocycles. The highest BCUT2D eigenvalue weighted by atomic mass is 16.5. The number of aliphatic hydroxyl groups excluding tert-OH is 1. The Morgan fingerprint density at radius 3 is 3.00 bits per heavy atom. The average Bonchev–Trinajstić information content (AvgIpc) is 2.97. The molecule has 2 atom stereocenters. The van der Waals surface area contributed by atoms with Crippen molar-refractivity contribution in [3.63, 3.8) is 0 Å². The van der Waals surface area contributed by atoms with Crippen LogP contribution in [-0.2, 0) is 22.7 Å². The number of morpholine rings is 1. The van der Waals surface area contributed by atoms with E-state index in [4.69, 9.17) is 14.3 Å². The van der Waals surface area contributed by atoms with Crippen molar-refractivity contribution in [3.05, 3.63) is 23.7 Å². The number of ether oxygens (including phenoxy) is 1. The van der Waals surface area contributed by atoms with Gasteiger partial charge in [-0.1, -0.05) is 12.8 Å². The Balaban J connectivity index is 1.69. The third kappa shape index (κ3) is 3.76. The van der Waals surface area contributed by atoms with Gasteiger partial charge in [-0.3, -0.25) is 9.69 Å². The summed E-state index contributed by atoms with van der Waals surface area (Å²) in [4.78, 5) is 13.9. The van der Waals surface area contributed by atoms with Gasteiger partial charge in [0, 0.05) is 20.0 Å². The average molecular weight is 322 g/mol. The summed E-state index contributed by atoms with van der Waals surface area (Å²) in [5, 5.41) is 12.2. The Morgan fingerprint density at radius 1 is 1.43 bits per heavy atom. The molecule has 1 spiro atoms. The molecule has 1 aromatic heterocycles. The summed E-state index contributed by atoms with van der Waals surface area (Å²) >= 11 is 0. The molecule has 1 aliphatic heterocycles. The van der Waals surface area contributed by atoms with Crippen LogP contribution >= 0.6 is 0 Å². The molecule has 1 saturated carbocycles. The molecule has 1 aromatic rings. The number of nitrogens with one attached hydrogen (secondary N) is 1. The van der Waals surface area contributed by atoms with E-state index in [0.717, 1.165) is 44.5 Å². The van der Waals surface area contributed by atoms with Gasteiger partial charge >= 0.3 is 0 Å². The van der Waals surface area contributed by atoms with Crippen LogP contribution in [0.25, 0.3) is 0 Å². The monoisotopic (exact) mass is 322 g/mol. The summed E-state index contributed by atoms with van der Waals surface area (Å²) in [5.41, 5.74) is -0.283. The third-order valence-electron chi connectivity index (χ3n) is 4.90. The normalized spacial score (nSPS) is 28.9. The fourth-order valence-corrected chi connectivity index (χ4v) is 3.85. The van der Waals surface area contributed by atoms with E-state index in [-0.39, 0.29) is 24.2 Å². The molecule has 2 aliphatic rings. The van der Waals surface area contributed by atoms with E-state index in [1.807, 2.05) is 12.1 Å². The first kappa shape index (κ1) is 16.5. The SMILES string of the molecule is CC(=O)N[C@H]1CCCC[C@@]12CN(Cc1ccc(CO)o1)CCO2. The Hall–Kier alpha value is -1.37. The second-order valence-corrected chi connectivity index (χ2v) is 6.65. The second-order valence-electron chi connectivity index (χ2n) is 6.65. The molecule has 0 aromatic carbocycles. The number of furan rings is 1. The smallest absolute Gasteiger partial charge is 0.217 e. The molecule has 0 radical (unpaired) electrons. The van der Waals surface area contributed by atoms with Crippen molar-refractivity contribution in [3.8, 4) is 0 Å². The van der Waals surface area contributed by atoms with E-state index >= 15 is 0 Å². The van der Waals surface area contributed by atoms with E-state index in [1.54, 1.807) is 6.92 Å². The number of carbonyl (C=O) groups is 1. The molecule has 0 bridgehead atoms. The maximum absolute atomic E-state index is 11.5. The lowest BCUT2D eigenvalue weighted by molar-refractivity contribution is -0.151. The first-order valence-corrected chi connectivity index (χ1v) is 8.43. The van der Waals surface area contributed by atoms with Crippen LogP contribution in [0.1, 0.15) is 44.1 Å². The van der Waals surface area contributed by atoms with Gasteiger partial charge in [0.05, 0.1) is 19.2 Å². The molecule has 2 heterocycles. The van der Waals surface area contributed by atoms with Crippen molar-refractivity contribution in [2.45, 2.75) is 57.4 Å².